The van der Waals surface area contributed by atoms with Gasteiger partial charge in [0.05, 0.1) is 0 Å². The van der Waals surface area contributed by atoms with E-state index in [0.717, 1.165) is 32.7 Å². The van der Waals surface area contributed by atoms with E-state index in [1.54, 1.807) is 0 Å². The van der Waals surface area contributed by atoms with Gasteiger partial charge in [0.1, 0.15) is 0 Å². The maximum absolute atomic E-state index is 5.59. The summed E-state index contributed by atoms with van der Waals surface area (Å²) in [7, 11) is 4.21. The summed E-state index contributed by atoms with van der Waals surface area (Å²) in [5, 5.41) is 3.43. The molecule has 1 N–H and O–H groups in total. The van der Waals surface area contributed by atoms with E-state index in [2.05, 4.69) is 31.2 Å². The van der Waals surface area contributed by atoms with E-state index < -0.39 is 0 Å². The first-order valence-corrected chi connectivity index (χ1v) is 7.20. The molecule has 0 heterocycles. The topological polar surface area (TPSA) is 24.5 Å². The predicted molar refractivity (Wildman–Crippen MR) is 75.6 cm³/mol. The van der Waals surface area contributed by atoms with Crippen LogP contribution >= 0.6 is 0 Å². The third kappa shape index (κ3) is 15.9. The molecule has 0 aromatic heterocycles. The van der Waals surface area contributed by atoms with Crippen molar-refractivity contribution in [2.45, 2.75) is 45.4 Å². The fourth-order valence-electron chi connectivity index (χ4n) is 1.69. The van der Waals surface area contributed by atoms with Gasteiger partial charge in [-0.2, -0.15) is 0 Å². The minimum atomic E-state index is 0.913. The van der Waals surface area contributed by atoms with E-state index in [0.29, 0.717) is 0 Å². The van der Waals surface area contributed by atoms with Crippen molar-refractivity contribution in [3.8, 4) is 0 Å². The molecule has 0 aromatic carbocycles. The largest absolute Gasteiger partial charge is 0.381 e. The highest BCUT2D eigenvalue weighted by molar-refractivity contribution is 4.48. The molecule has 0 rings (SSSR count). The molecule has 0 atom stereocenters. The Morgan fingerprint density at radius 3 is 2.29 bits per heavy atom. The van der Waals surface area contributed by atoms with Crippen molar-refractivity contribution in [3.05, 3.63) is 0 Å². The van der Waals surface area contributed by atoms with Crippen molar-refractivity contribution in [1.29, 1.82) is 0 Å². The average molecular weight is 244 g/mol. The Bertz CT molecular complexity index is 140. The zero-order valence-corrected chi connectivity index (χ0v) is 12.1. The molecule has 3 nitrogen and oxygen atoms in total. The summed E-state index contributed by atoms with van der Waals surface area (Å²) in [6, 6.07) is 0. The van der Waals surface area contributed by atoms with E-state index in [9.17, 15) is 0 Å². The third-order valence-corrected chi connectivity index (χ3v) is 2.71. The number of rotatable bonds is 13. The monoisotopic (exact) mass is 244 g/mol. The van der Waals surface area contributed by atoms with Gasteiger partial charge in [0.25, 0.3) is 0 Å². The van der Waals surface area contributed by atoms with Crippen molar-refractivity contribution in [2.24, 2.45) is 0 Å². The summed E-state index contributed by atoms with van der Waals surface area (Å²) >= 11 is 0. The molecule has 17 heavy (non-hydrogen) atoms. The normalized spacial score (nSPS) is 11.3. The summed E-state index contributed by atoms with van der Waals surface area (Å²) in [4.78, 5) is 2.20. The number of nitrogens with zero attached hydrogens (tertiary/aromatic N) is 1. The lowest BCUT2D eigenvalue weighted by molar-refractivity contribution is 0.122. The fraction of sp³-hybridized carbons (Fsp3) is 1.00. The molecule has 0 aliphatic rings. The summed E-state index contributed by atoms with van der Waals surface area (Å²) in [5.74, 6) is 0. The van der Waals surface area contributed by atoms with E-state index >= 15 is 0 Å². The van der Waals surface area contributed by atoms with Crippen LogP contribution in [0.5, 0.6) is 0 Å². The summed E-state index contributed by atoms with van der Waals surface area (Å²) in [5.41, 5.74) is 0. The van der Waals surface area contributed by atoms with Crippen LogP contribution in [0.2, 0.25) is 0 Å². The second kappa shape index (κ2) is 13.9. The van der Waals surface area contributed by atoms with Gasteiger partial charge in [-0.25, -0.2) is 0 Å². The minimum absolute atomic E-state index is 0.913. The Hall–Kier alpha value is -0.120. The molecular weight excluding hydrogens is 212 g/mol. The Balaban J connectivity index is 2.89. The van der Waals surface area contributed by atoms with E-state index in [-0.39, 0.29) is 0 Å². The maximum Gasteiger partial charge on any atom is 0.0478 e. The van der Waals surface area contributed by atoms with Crippen molar-refractivity contribution < 1.29 is 4.74 Å². The van der Waals surface area contributed by atoms with Crippen LogP contribution in [-0.2, 0) is 4.74 Å². The number of hydrogen-bond donors (Lipinski definition) is 1. The lowest BCUT2D eigenvalue weighted by atomic mass is 10.2. The quantitative estimate of drug-likeness (QED) is 0.504. The first kappa shape index (κ1) is 16.9. The fourth-order valence-corrected chi connectivity index (χ4v) is 1.69. The van der Waals surface area contributed by atoms with Gasteiger partial charge in [-0.3, -0.25) is 0 Å². The number of nitrogens with one attached hydrogen (secondary N) is 1. The first-order valence-electron chi connectivity index (χ1n) is 7.20. The molecule has 104 valence electrons. The Morgan fingerprint density at radius 1 is 0.882 bits per heavy atom. The highest BCUT2D eigenvalue weighted by Crippen LogP contribution is 1.99. The van der Waals surface area contributed by atoms with E-state index in [1.165, 1.54) is 38.6 Å². The number of unbranched alkanes of at least 4 members (excludes halogenated alkanes) is 3. The second-order valence-corrected chi connectivity index (χ2v) is 4.93. The van der Waals surface area contributed by atoms with Crippen LogP contribution in [-0.4, -0.2) is 51.8 Å². The van der Waals surface area contributed by atoms with Gasteiger partial charge >= 0.3 is 0 Å². The predicted octanol–water partition coefficient (Wildman–Crippen LogP) is 2.51. The third-order valence-electron chi connectivity index (χ3n) is 2.71. The van der Waals surface area contributed by atoms with Gasteiger partial charge in [0, 0.05) is 13.2 Å². The molecule has 0 saturated carbocycles. The van der Waals surface area contributed by atoms with Crippen LogP contribution in [0.4, 0.5) is 0 Å². The van der Waals surface area contributed by atoms with Crippen LogP contribution in [0.1, 0.15) is 45.4 Å². The molecule has 0 bridgehead atoms. The Labute approximate surface area is 108 Å². The molecule has 0 radical (unpaired) electrons. The maximum atomic E-state index is 5.59. The molecule has 0 unspecified atom stereocenters. The Kier molecular flexibility index (Phi) is 13.8. The molecular formula is C14H32N2O. The van der Waals surface area contributed by atoms with Gasteiger partial charge in [0.2, 0.25) is 0 Å². The van der Waals surface area contributed by atoms with Crippen LogP contribution in [0.3, 0.4) is 0 Å². The number of hydrogen-bond acceptors (Lipinski definition) is 3. The average Bonchev–Trinajstić information content (AvgIpc) is 2.30. The highest BCUT2D eigenvalue weighted by Gasteiger charge is 1.93. The minimum Gasteiger partial charge on any atom is -0.381 e. The first-order chi connectivity index (χ1) is 8.27. The van der Waals surface area contributed by atoms with E-state index in [1.807, 2.05) is 0 Å². The SMILES string of the molecule is CCCNCCCCCCOCCCN(C)C. The van der Waals surface area contributed by atoms with Crippen molar-refractivity contribution >= 4 is 0 Å². The van der Waals surface area contributed by atoms with Crippen molar-refractivity contribution in [2.75, 3.05) is 46.9 Å². The highest BCUT2D eigenvalue weighted by atomic mass is 16.5. The van der Waals surface area contributed by atoms with Gasteiger partial charge in [0.15, 0.2) is 0 Å². The smallest absolute Gasteiger partial charge is 0.0478 e. The molecule has 0 aromatic rings. The van der Waals surface area contributed by atoms with Crippen molar-refractivity contribution in [1.82, 2.24) is 10.2 Å². The van der Waals surface area contributed by atoms with Gasteiger partial charge < -0.3 is 15.0 Å². The van der Waals surface area contributed by atoms with Crippen molar-refractivity contribution in [3.63, 3.8) is 0 Å². The standard InChI is InChI=1S/C14H32N2O/c1-4-10-15-11-7-5-6-8-13-17-14-9-12-16(2)3/h15H,4-14H2,1-3H3. The van der Waals surface area contributed by atoms with Gasteiger partial charge in [-0.1, -0.05) is 19.8 Å². The number of ether oxygens (including phenoxy) is 1. The summed E-state index contributed by atoms with van der Waals surface area (Å²) in [6.07, 6.45) is 7.55. The lowest BCUT2D eigenvalue weighted by Crippen LogP contribution is -2.15. The Morgan fingerprint density at radius 2 is 1.59 bits per heavy atom. The van der Waals surface area contributed by atoms with Crippen LogP contribution in [0.15, 0.2) is 0 Å². The van der Waals surface area contributed by atoms with Crippen LogP contribution in [0, 0.1) is 0 Å². The lowest BCUT2D eigenvalue weighted by Gasteiger charge is -2.09. The zero-order chi connectivity index (χ0) is 12.8. The molecule has 0 amide bonds. The van der Waals surface area contributed by atoms with E-state index in [4.69, 9.17) is 4.74 Å². The molecule has 0 spiro atoms. The zero-order valence-electron chi connectivity index (χ0n) is 12.1. The van der Waals surface area contributed by atoms with Crippen LogP contribution in [0.25, 0.3) is 0 Å². The molecule has 0 fully saturated rings. The molecule has 3 heteroatoms. The second-order valence-electron chi connectivity index (χ2n) is 4.93. The van der Waals surface area contributed by atoms with Crippen LogP contribution < -0.4 is 5.32 Å². The molecule has 0 aliphatic carbocycles. The molecule has 0 aliphatic heterocycles. The van der Waals surface area contributed by atoms with Gasteiger partial charge in [-0.05, 0) is 59.4 Å². The summed E-state index contributed by atoms with van der Waals surface area (Å²) in [6.45, 7) is 7.53. The summed E-state index contributed by atoms with van der Waals surface area (Å²) < 4.78 is 5.59. The molecule has 0 saturated heterocycles. The van der Waals surface area contributed by atoms with Gasteiger partial charge in [-0.15, -0.1) is 0 Å².